The summed E-state index contributed by atoms with van der Waals surface area (Å²) in [5.41, 5.74) is 0. The zero-order valence-electron chi connectivity index (χ0n) is 14.2. The van der Waals surface area contributed by atoms with Gasteiger partial charge >= 0.3 is 6.03 Å². The standard InChI is InChI=1S/C18H31N3O2/c22-17(19-16-10-11-16)14-7-6-12-21(13-14)18(23)20-15-8-4-2-1-3-5-9-15/h14-16H,1-13H2,(H,19,22)(H,20,23). The second-order valence-corrected chi connectivity index (χ2v) is 7.56. The molecule has 0 aromatic heterocycles. The molecular formula is C18H31N3O2. The fraction of sp³-hybridized carbons (Fsp3) is 0.889. The summed E-state index contributed by atoms with van der Waals surface area (Å²) in [6.45, 7) is 1.36. The van der Waals surface area contributed by atoms with Crippen LogP contribution in [0.25, 0.3) is 0 Å². The molecule has 2 saturated carbocycles. The van der Waals surface area contributed by atoms with Gasteiger partial charge in [-0.1, -0.05) is 32.1 Å². The van der Waals surface area contributed by atoms with Gasteiger partial charge in [0, 0.05) is 25.2 Å². The maximum atomic E-state index is 12.6. The van der Waals surface area contributed by atoms with Gasteiger partial charge in [-0.2, -0.15) is 0 Å². The van der Waals surface area contributed by atoms with E-state index in [2.05, 4.69) is 10.6 Å². The summed E-state index contributed by atoms with van der Waals surface area (Å²) in [7, 11) is 0. The lowest BCUT2D eigenvalue weighted by atomic mass is 9.96. The molecule has 0 aromatic rings. The van der Waals surface area contributed by atoms with Crippen LogP contribution in [0.2, 0.25) is 0 Å². The van der Waals surface area contributed by atoms with Gasteiger partial charge in [0.1, 0.15) is 0 Å². The van der Waals surface area contributed by atoms with Gasteiger partial charge in [0.25, 0.3) is 0 Å². The van der Waals surface area contributed by atoms with Crippen LogP contribution in [0.5, 0.6) is 0 Å². The SMILES string of the molecule is O=C(NC1CC1)C1CCCN(C(=O)NC2CCCCCCC2)C1. The van der Waals surface area contributed by atoms with Crippen molar-refractivity contribution in [3.05, 3.63) is 0 Å². The van der Waals surface area contributed by atoms with E-state index in [0.717, 1.165) is 45.1 Å². The molecule has 0 bridgehead atoms. The van der Waals surface area contributed by atoms with Gasteiger partial charge < -0.3 is 15.5 Å². The van der Waals surface area contributed by atoms with E-state index in [-0.39, 0.29) is 17.9 Å². The van der Waals surface area contributed by atoms with E-state index < -0.39 is 0 Å². The summed E-state index contributed by atoms with van der Waals surface area (Å²) in [5.74, 6) is 0.128. The van der Waals surface area contributed by atoms with Gasteiger partial charge in [0.15, 0.2) is 0 Å². The fourth-order valence-corrected chi connectivity index (χ4v) is 3.79. The molecule has 3 rings (SSSR count). The third-order valence-corrected chi connectivity index (χ3v) is 5.44. The minimum Gasteiger partial charge on any atom is -0.353 e. The Labute approximate surface area is 139 Å². The van der Waals surface area contributed by atoms with Gasteiger partial charge in [-0.05, 0) is 38.5 Å². The molecule has 5 heteroatoms. The highest BCUT2D eigenvalue weighted by molar-refractivity contribution is 5.81. The number of likely N-dealkylation sites (tertiary alicyclic amines) is 1. The van der Waals surface area contributed by atoms with Crippen LogP contribution in [0.4, 0.5) is 4.79 Å². The Morgan fingerprint density at radius 3 is 2.09 bits per heavy atom. The third kappa shape index (κ3) is 5.11. The molecule has 23 heavy (non-hydrogen) atoms. The highest BCUT2D eigenvalue weighted by Gasteiger charge is 2.32. The van der Waals surface area contributed by atoms with Gasteiger partial charge in [-0.25, -0.2) is 4.79 Å². The smallest absolute Gasteiger partial charge is 0.317 e. The summed E-state index contributed by atoms with van der Waals surface area (Å²) < 4.78 is 0. The summed E-state index contributed by atoms with van der Waals surface area (Å²) in [6, 6.07) is 0.768. The van der Waals surface area contributed by atoms with Crippen LogP contribution >= 0.6 is 0 Å². The molecule has 0 spiro atoms. The fourth-order valence-electron chi connectivity index (χ4n) is 3.79. The Morgan fingerprint density at radius 1 is 0.739 bits per heavy atom. The number of piperidine rings is 1. The molecule has 0 aromatic carbocycles. The Bertz CT molecular complexity index is 414. The summed E-state index contributed by atoms with van der Waals surface area (Å²) in [5, 5.41) is 6.31. The summed E-state index contributed by atoms with van der Waals surface area (Å²) in [4.78, 5) is 26.6. The normalized spacial score (nSPS) is 27.0. The minimum atomic E-state index is -0.0209. The zero-order chi connectivity index (χ0) is 16.1. The zero-order valence-corrected chi connectivity index (χ0v) is 14.2. The van der Waals surface area contributed by atoms with Crippen LogP contribution in [-0.2, 0) is 4.79 Å². The van der Waals surface area contributed by atoms with Crippen molar-refractivity contribution in [1.82, 2.24) is 15.5 Å². The van der Waals surface area contributed by atoms with Gasteiger partial charge in [0.2, 0.25) is 5.91 Å². The molecular weight excluding hydrogens is 290 g/mol. The molecule has 2 aliphatic carbocycles. The predicted octanol–water partition coefficient (Wildman–Crippen LogP) is 2.80. The second kappa shape index (κ2) is 8.02. The molecule has 1 saturated heterocycles. The summed E-state index contributed by atoms with van der Waals surface area (Å²) >= 11 is 0. The van der Waals surface area contributed by atoms with Crippen LogP contribution < -0.4 is 10.6 Å². The van der Waals surface area contributed by atoms with E-state index >= 15 is 0 Å². The number of amides is 3. The average Bonchev–Trinajstić information content (AvgIpc) is 3.34. The molecule has 1 unspecified atom stereocenters. The van der Waals surface area contributed by atoms with Crippen molar-refractivity contribution in [3.63, 3.8) is 0 Å². The van der Waals surface area contributed by atoms with Crippen molar-refractivity contribution in [2.24, 2.45) is 5.92 Å². The lowest BCUT2D eigenvalue weighted by molar-refractivity contribution is -0.126. The number of nitrogens with zero attached hydrogens (tertiary/aromatic N) is 1. The van der Waals surface area contributed by atoms with Crippen molar-refractivity contribution in [2.75, 3.05) is 13.1 Å². The Morgan fingerprint density at radius 2 is 1.39 bits per heavy atom. The number of rotatable bonds is 3. The van der Waals surface area contributed by atoms with E-state index in [0.29, 0.717) is 18.6 Å². The molecule has 1 atom stereocenters. The second-order valence-electron chi connectivity index (χ2n) is 7.56. The lowest BCUT2D eigenvalue weighted by Gasteiger charge is -2.33. The van der Waals surface area contributed by atoms with Crippen LogP contribution in [-0.4, -0.2) is 42.0 Å². The highest BCUT2D eigenvalue weighted by atomic mass is 16.2. The van der Waals surface area contributed by atoms with Gasteiger partial charge in [0.05, 0.1) is 5.92 Å². The molecule has 1 aliphatic heterocycles. The molecule has 3 aliphatic rings. The van der Waals surface area contributed by atoms with Crippen molar-refractivity contribution >= 4 is 11.9 Å². The van der Waals surface area contributed by atoms with E-state index in [1.165, 1.54) is 32.1 Å². The van der Waals surface area contributed by atoms with Crippen LogP contribution in [0.1, 0.15) is 70.6 Å². The predicted molar refractivity (Wildman–Crippen MR) is 90.1 cm³/mol. The first kappa shape index (κ1) is 16.6. The lowest BCUT2D eigenvalue weighted by Crippen LogP contribution is -2.51. The Balaban J connectivity index is 1.46. The van der Waals surface area contributed by atoms with Gasteiger partial charge in [-0.15, -0.1) is 0 Å². The van der Waals surface area contributed by atoms with E-state index in [1.807, 2.05) is 4.90 Å². The van der Waals surface area contributed by atoms with E-state index in [1.54, 1.807) is 0 Å². The van der Waals surface area contributed by atoms with Crippen molar-refractivity contribution < 1.29 is 9.59 Å². The Hall–Kier alpha value is -1.26. The average molecular weight is 321 g/mol. The maximum Gasteiger partial charge on any atom is 0.317 e. The number of nitrogens with one attached hydrogen (secondary N) is 2. The van der Waals surface area contributed by atoms with E-state index in [9.17, 15) is 9.59 Å². The minimum absolute atomic E-state index is 0.0209. The van der Waals surface area contributed by atoms with Crippen molar-refractivity contribution in [1.29, 1.82) is 0 Å². The molecule has 3 fully saturated rings. The van der Waals surface area contributed by atoms with Gasteiger partial charge in [-0.3, -0.25) is 4.79 Å². The number of hydrogen-bond acceptors (Lipinski definition) is 2. The summed E-state index contributed by atoms with van der Waals surface area (Å²) in [6.07, 6.45) is 12.6. The molecule has 2 N–H and O–H groups in total. The number of carbonyl (C=O) groups excluding carboxylic acids is 2. The Kier molecular flexibility index (Phi) is 5.79. The third-order valence-electron chi connectivity index (χ3n) is 5.44. The molecule has 0 radical (unpaired) electrons. The molecule has 3 amide bonds. The van der Waals surface area contributed by atoms with Crippen molar-refractivity contribution in [2.45, 2.75) is 82.7 Å². The number of urea groups is 1. The van der Waals surface area contributed by atoms with Crippen LogP contribution in [0.3, 0.4) is 0 Å². The monoisotopic (exact) mass is 321 g/mol. The molecule has 130 valence electrons. The molecule has 5 nitrogen and oxygen atoms in total. The quantitative estimate of drug-likeness (QED) is 0.839. The van der Waals surface area contributed by atoms with Crippen molar-refractivity contribution in [3.8, 4) is 0 Å². The maximum absolute atomic E-state index is 12.6. The first-order chi connectivity index (χ1) is 11.2. The first-order valence-electron chi connectivity index (χ1n) is 9.58. The topological polar surface area (TPSA) is 61.4 Å². The van der Waals surface area contributed by atoms with Crippen LogP contribution in [0.15, 0.2) is 0 Å². The first-order valence-corrected chi connectivity index (χ1v) is 9.58. The molecule has 1 heterocycles. The largest absolute Gasteiger partial charge is 0.353 e. The van der Waals surface area contributed by atoms with E-state index in [4.69, 9.17) is 0 Å². The number of carbonyl (C=O) groups is 2. The number of hydrogen-bond donors (Lipinski definition) is 2. The highest BCUT2D eigenvalue weighted by Crippen LogP contribution is 2.23. The van der Waals surface area contributed by atoms with Crippen LogP contribution in [0, 0.1) is 5.92 Å².